The van der Waals surface area contributed by atoms with E-state index in [0.29, 0.717) is 11.5 Å². The highest BCUT2D eigenvalue weighted by atomic mass is 15.0. The van der Waals surface area contributed by atoms with Gasteiger partial charge in [0.1, 0.15) is 0 Å². The number of nitrogens with one attached hydrogen (secondary N) is 1. The molecule has 2 nitrogen and oxygen atoms in total. The molecule has 3 N–H and O–H groups in total. The molecule has 0 radical (unpaired) electrons. The van der Waals surface area contributed by atoms with Gasteiger partial charge in [0.05, 0.1) is 6.17 Å². The normalized spacial score (nSPS) is 18.6. The molecule has 2 atom stereocenters. The molecule has 0 amide bonds. The minimum atomic E-state index is 0.0919. The van der Waals surface area contributed by atoms with Gasteiger partial charge in [0.25, 0.3) is 0 Å². The van der Waals surface area contributed by atoms with Crippen molar-refractivity contribution in [1.82, 2.24) is 5.32 Å². The molecule has 10 heavy (non-hydrogen) atoms. The van der Waals surface area contributed by atoms with Gasteiger partial charge in [-0.1, -0.05) is 20.8 Å². The molecule has 0 fully saturated rings. The van der Waals surface area contributed by atoms with E-state index in [9.17, 15) is 0 Å². The van der Waals surface area contributed by atoms with Crippen LogP contribution in [0.4, 0.5) is 0 Å². The molecule has 0 spiro atoms. The summed E-state index contributed by atoms with van der Waals surface area (Å²) in [6.45, 7) is 10.7. The van der Waals surface area contributed by atoms with Crippen molar-refractivity contribution < 1.29 is 0 Å². The third-order valence-corrected chi connectivity index (χ3v) is 1.81. The SMILES string of the molecule is CC(N)NC(C)C(C)(C)C. The van der Waals surface area contributed by atoms with Crippen LogP contribution in [0.2, 0.25) is 0 Å². The van der Waals surface area contributed by atoms with Crippen LogP contribution in [0.3, 0.4) is 0 Å². The molecule has 0 aliphatic carbocycles. The Hall–Kier alpha value is -0.0800. The summed E-state index contributed by atoms with van der Waals surface area (Å²) >= 11 is 0. The monoisotopic (exact) mass is 144 g/mol. The van der Waals surface area contributed by atoms with Gasteiger partial charge in [-0.05, 0) is 19.3 Å². The number of hydrogen-bond acceptors (Lipinski definition) is 2. The van der Waals surface area contributed by atoms with Crippen molar-refractivity contribution in [1.29, 1.82) is 0 Å². The number of hydrogen-bond donors (Lipinski definition) is 2. The van der Waals surface area contributed by atoms with E-state index in [1.165, 1.54) is 0 Å². The molecule has 2 unspecified atom stereocenters. The van der Waals surface area contributed by atoms with Crippen LogP contribution in [0.1, 0.15) is 34.6 Å². The molecule has 0 aromatic carbocycles. The van der Waals surface area contributed by atoms with Crippen molar-refractivity contribution in [3.63, 3.8) is 0 Å². The van der Waals surface area contributed by atoms with Crippen LogP contribution < -0.4 is 11.1 Å². The fourth-order valence-electron chi connectivity index (χ4n) is 0.644. The van der Waals surface area contributed by atoms with Gasteiger partial charge in [0.15, 0.2) is 0 Å². The van der Waals surface area contributed by atoms with Crippen molar-refractivity contribution in [2.24, 2.45) is 11.1 Å². The van der Waals surface area contributed by atoms with Gasteiger partial charge in [-0.25, -0.2) is 0 Å². The highest BCUT2D eigenvalue weighted by molar-refractivity contribution is 4.76. The molecule has 0 aliphatic heterocycles. The van der Waals surface area contributed by atoms with Crippen LogP contribution in [0.15, 0.2) is 0 Å². The van der Waals surface area contributed by atoms with Gasteiger partial charge in [-0.3, -0.25) is 5.32 Å². The van der Waals surface area contributed by atoms with E-state index < -0.39 is 0 Å². The van der Waals surface area contributed by atoms with E-state index in [2.05, 4.69) is 33.0 Å². The number of rotatable bonds is 2. The Balaban J connectivity index is 3.73. The quantitative estimate of drug-likeness (QED) is 0.574. The van der Waals surface area contributed by atoms with Crippen LogP contribution in [-0.2, 0) is 0 Å². The maximum absolute atomic E-state index is 5.58. The van der Waals surface area contributed by atoms with Crippen molar-refractivity contribution in [2.45, 2.75) is 46.8 Å². The predicted molar refractivity (Wildman–Crippen MR) is 45.7 cm³/mol. The lowest BCUT2D eigenvalue weighted by Crippen LogP contribution is -2.46. The van der Waals surface area contributed by atoms with Gasteiger partial charge in [-0.15, -0.1) is 0 Å². The Morgan fingerprint density at radius 1 is 1.20 bits per heavy atom. The third kappa shape index (κ3) is 3.85. The first-order valence-corrected chi connectivity index (χ1v) is 3.85. The molecule has 0 aromatic heterocycles. The summed E-state index contributed by atoms with van der Waals surface area (Å²) in [4.78, 5) is 0. The highest BCUT2D eigenvalue weighted by Crippen LogP contribution is 2.18. The fourth-order valence-corrected chi connectivity index (χ4v) is 0.644. The zero-order valence-electron chi connectivity index (χ0n) is 7.73. The third-order valence-electron chi connectivity index (χ3n) is 1.81. The van der Waals surface area contributed by atoms with Gasteiger partial charge >= 0.3 is 0 Å². The topological polar surface area (TPSA) is 38.0 Å². The Kier molecular flexibility index (Phi) is 3.33. The predicted octanol–water partition coefficient (Wildman–Crippen LogP) is 1.32. The van der Waals surface area contributed by atoms with E-state index >= 15 is 0 Å². The molecular formula is C8H20N2. The molecular weight excluding hydrogens is 124 g/mol. The van der Waals surface area contributed by atoms with Crippen molar-refractivity contribution in [3.8, 4) is 0 Å². The maximum atomic E-state index is 5.58. The van der Waals surface area contributed by atoms with Crippen molar-refractivity contribution >= 4 is 0 Å². The molecule has 0 saturated heterocycles. The fraction of sp³-hybridized carbons (Fsp3) is 1.00. The molecule has 0 rings (SSSR count). The first-order chi connectivity index (χ1) is 4.34. The first-order valence-electron chi connectivity index (χ1n) is 3.85. The summed E-state index contributed by atoms with van der Waals surface area (Å²) in [5.74, 6) is 0. The molecule has 0 bridgehead atoms. The standard InChI is InChI=1S/C8H20N2/c1-6(8(3,4)5)10-7(2)9/h6-7,10H,9H2,1-5H3. The number of nitrogens with two attached hydrogens (primary N) is 1. The average molecular weight is 144 g/mol. The Labute approximate surface area is 64.2 Å². The van der Waals surface area contributed by atoms with E-state index in [1.54, 1.807) is 0 Å². The molecule has 0 heterocycles. The molecule has 0 aromatic rings. The zero-order valence-corrected chi connectivity index (χ0v) is 7.73. The smallest absolute Gasteiger partial charge is 0.0519 e. The van der Waals surface area contributed by atoms with Crippen LogP contribution in [0.5, 0.6) is 0 Å². The van der Waals surface area contributed by atoms with Gasteiger partial charge < -0.3 is 5.73 Å². The second kappa shape index (κ2) is 3.35. The van der Waals surface area contributed by atoms with E-state index in [0.717, 1.165) is 0 Å². The van der Waals surface area contributed by atoms with E-state index in [4.69, 9.17) is 5.73 Å². The first kappa shape index (κ1) is 9.92. The largest absolute Gasteiger partial charge is 0.316 e. The summed E-state index contributed by atoms with van der Waals surface area (Å²) in [5, 5.41) is 3.26. The lowest BCUT2D eigenvalue weighted by molar-refractivity contribution is 0.268. The minimum absolute atomic E-state index is 0.0919. The van der Waals surface area contributed by atoms with Gasteiger partial charge in [0, 0.05) is 6.04 Å². The van der Waals surface area contributed by atoms with Crippen LogP contribution >= 0.6 is 0 Å². The van der Waals surface area contributed by atoms with Gasteiger partial charge in [0.2, 0.25) is 0 Å². The van der Waals surface area contributed by atoms with Crippen molar-refractivity contribution in [3.05, 3.63) is 0 Å². The second-order valence-electron chi connectivity index (χ2n) is 4.04. The summed E-state index contributed by atoms with van der Waals surface area (Å²) in [6, 6.07) is 0.465. The van der Waals surface area contributed by atoms with Crippen molar-refractivity contribution in [2.75, 3.05) is 0 Å². The van der Waals surface area contributed by atoms with Crippen LogP contribution in [0.25, 0.3) is 0 Å². The molecule has 62 valence electrons. The molecule has 0 saturated carbocycles. The molecule has 2 heteroatoms. The van der Waals surface area contributed by atoms with Crippen LogP contribution in [-0.4, -0.2) is 12.2 Å². The second-order valence-corrected chi connectivity index (χ2v) is 4.04. The minimum Gasteiger partial charge on any atom is -0.316 e. The van der Waals surface area contributed by atoms with E-state index in [-0.39, 0.29) is 6.17 Å². The van der Waals surface area contributed by atoms with E-state index in [1.807, 2.05) is 6.92 Å². The lowest BCUT2D eigenvalue weighted by Gasteiger charge is -2.29. The highest BCUT2D eigenvalue weighted by Gasteiger charge is 2.19. The van der Waals surface area contributed by atoms with Gasteiger partial charge in [-0.2, -0.15) is 0 Å². The Bertz CT molecular complexity index is 91.9. The zero-order chi connectivity index (χ0) is 8.36. The Morgan fingerprint density at radius 3 is 1.70 bits per heavy atom. The summed E-state index contributed by atoms with van der Waals surface area (Å²) in [6.07, 6.45) is 0.0919. The average Bonchev–Trinajstić information content (AvgIpc) is 1.60. The van der Waals surface area contributed by atoms with Crippen LogP contribution in [0, 0.1) is 5.41 Å². The Morgan fingerprint density at radius 2 is 1.60 bits per heavy atom. The summed E-state index contributed by atoms with van der Waals surface area (Å²) < 4.78 is 0. The summed E-state index contributed by atoms with van der Waals surface area (Å²) in [7, 11) is 0. The summed E-state index contributed by atoms with van der Waals surface area (Å²) in [5.41, 5.74) is 5.88. The molecule has 0 aliphatic rings. The maximum Gasteiger partial charge on any atom is 0.0519 e. The lowest BCUT2D eigenvalue weighted by atomic mass is 9.88.